The van der Waals surface area contributed by atoms with Gasteiger partial charge in [-0.3, -0.25) is 15.6 Å². The van der Waals surface area contributed by atoms with Gasteiger partial charge in [0.05, 0.1) is 4.88 Å². The third-order valence-corrected chi connectivity index (χ3v) is 3.23. The SMILES string of the molecule is O=C(NNC(=S)Nc1cc(F)cc(F)c1)c1cccs1. The van der Waals surface area contributed by atoms with Crippen LogP contribution in [0.25, 0.3) is 0 Å². The maximum atomic E-state index is 13.0. The van der Waals surface area contributed by atoms with Gasteiger partial charge in [-0.1, -0.05) is 6.07 Å². The third kappa shape index (κ3) is 3.97. The molecule has 2 rings (SSSR count). The Kier molecular flexibility index (Phi) is 4.59. The number of halogens is 2. The first-order valence-electron chi connectivity index (χ1n) is 5.41. The number of hydrogen-bond donors (Lipinski definition) is 3. The van der Waals surface area contributed by atoms with Gasteiger partial charge in [0.25, 0.3) is 5.91 Å². The molecule has 0 radical (unpaired) electrons. The highest BCUT2D eigenvalue weighted by molar-refractivity contribution is 7.80. The largest absolute Gasteiger partial charge is 0.331 e. The lowest BCUT2D eigenvalue weighted by molar-refractivity contribution is 0.0948. The third-order valence-electron chi connectivity index (χ3n) is 2.15. The first-order chi connectivity index (χ1) is 9.54. The molecule has 0 atom stereocenters. The fourth-order valence-electron chi connectivity index (χ4n) is 1.37. The van der Waals surface area contributed by atoms with Crippen molar-refractivity contribution in [1.29, 1.82) is 0 Å². The average molecular weight is 313 g/mol. The Balaban J connectivity index is 1.88. The zero-order valence-corrected chi connectivity index (χ0v) is 11.6. The highest BCUT2D eigenvalue weighted by atomic mass is 32.1. The molecule has 0 fully saturated rings. The average Bonchev–Trinajstić information content (AvgIpc) is 2.88. The standard InChI is InChI=1S/C12H9F2N3OS2/c13-7-4-8(14)6-9(5-7)15-12(19)17-16-11(18)10-2-1-3-20-10/h1-6H,(H,16,18)(H2,15,17,19). The summed E-state index contributed by atoms with van der Waals surface area (Å²) in [5, 5.41) is 4.33. The van der Waals surface area contributed by atoms with Gasteiger partial charge in [0.2, 0.25) is 0 Å². The molecule has 2 aromatic rings. The van der Waals surface area contributed by atoms with E-state index in [-0.39, 0.29) is 16.7 Å². The van der Waals surface area contributed by atoms with Crippen molar-refractivity contribution in [2.24, 2.45) is 0 Å². The van der Waals surface area contributed by atoms with E-state index in [2.05, 4.69) is 16.2 Å². The van der Waals surface area contributed by atoms with E-state index >= 15 is 0 Å². The Labute approximate surface area is 122 Å². The van der Waals surface area contributed by atoms with Crippen LogP contribution < -0.4 is 16.2 Å². The van der Waals surface area contributed by atoms with Gasteiger partial charge in [-0.15, -0.1) is 11.3 Å². The van der Waals surface area contributed by atoms with Crippen LogP contribution in [0.15, 0.2) is 35.7 Å². The summed E-state index contributed by atoms with van der Waals surface area (Å²) in [5.74, 6) is -1.80. The Hall–Kier alpha value is -2.06. The van der Waals surface area contributed by atoms with Crippen LogP contribution in [-0.4, -0.2) is 11.0 Å². The van der Waals surface area contributed by atoms with Crippen molar-refractivity contribution in [3.8, 4) is 0 Å². The number of amides is 1. The first-order valence-corrected chi connectivity index (χ1v) is 6.70. The molecule has 20 heavy (non-hydrogen) atoms. The van der Waals surface area contributed by atoms with E-state index in [1.54, 1.807) is 17.5 Å². The van der Waals surface area contributed by atoms with Gasteiger partial charge in [-0.25, -0.2) is 8.78 Å². The zero-order chi connectivity index (χ0) is 14.5. The normalized spacial score (nSPS) is 9.90. The van der Waals surface area contributed by atoms with Crippen molar-refractivity contribution in [1.82, 2.24) is 10.9 Å². The van der Waals surface area contributed by atoms with E-state index in [1.165, 1.54) is 11.3 Å². The van der Waals surface area contributed by atoms with E-state index in [9.17, 15) is 13.6 Å². The van der Waals surface area contributed by atoms with Crippen LogP contribution in [0.2, 0.25) is 0 Å². The smallest absolute Gasteiger partial charge is 0.279 e. The van der Waals surface area contributed by atoms with Crippen molar-refractivity contribution in [3.05, 3.63) is 52.2 Å². The summed E-state index contributed by atoms with van der Waals surface area (Å²) >= 11 is 6.17. The van der Waals surface area contributed by atoms with Crippen LogP contribution in [0.4, 0.5) is 14.5 Å². The molecule has 0 saturated carbocycles. The molecule has 8 heteroatoms. The number of thiocarbonyl (C=S) groups is 1. The quantitative estimate of drug-likeness (QED) is 0.589. The highest BCUT2D eigenvalue weighted by Gasteiger charge is 2.07. The van der Waals surface area contributed by atoms with Crippen LogP contribution in [0.3, 0.4) is 0 Å². The molecular weight excluding hydrogens is 304 g/mol. The minimum Gasteiger partial charge on any atom is -0.331 e. The molecule has 104 valence electrons. The second kappa shape index (κ2) is 6.40. The zero-order valence-electron chi connectivity index (χ0n) is 9.94. The predicted molar refractivity (Wildman–Crippen MR) is 77.5 cm³/mol. The number of rotatable bonds is 2. The Bertz CT molecular complexity index is 611. The molecule has 0 saturated heterocycles. The van der Waals surface area contributed by atoms with Crippen molar-refractivity contribution >= 4 is 40.3 Å². The van der Waals surface area contributed by atoms with Crippen LogP contribution in [-0.2, 0) is 0 Å². The predicted octanol–water partition coefficient (Wildman–Crippen LogP) is 2.66. The van der Waals surface area contributed by atoms with Crippen molar-refractivity contribution < 1.29 is 13.6 Å². The molecule has 0 aliphatic carbocycles. The van der Waals surface area contributed by atoms with Crippen LogP contribution in [0, 0.1) is 11.6 Å². The second-order valence-electron chi connectivity index (χ2n) is 3.67. The fraction of sp³-hybridized carbons (Fsp3) is 0. The van der Waals surface area contributed by atoms with E-state index in [1.807, 2.05) is 0 Å². The molecule has 3 N–H and O–H groups in total. The van der Waals surface area contributed by atoms with E-state index in [0.29, 0.717) is 4.88 Å². The molecule has 0 unspecified atom stereocenters. The Morgan fingerprint density at radius 3 is 2.45 bits per heavy atom. The summed E-state index contributed by atoms with van der Waals surface area (Å²) in [6.07, 6.45) is 0. The summed E-state index contributed by atoms with van der Waals surface area (Å²) in [7, 11) is 0. The van der Waals surface area contributed by atoms with Crippen molar-refractivity contribution in [2.45, 2.75) is 0 Å². The van der Waals surface area contributed by atoms with Crippen LogP contribution >= 0.6 is 23.6 Å². The minimum absolute atomic E-state index is 0.0138. The number of nitrogens with one attached hydrogen (secondary N) is 3. The maximum Gasteiger partial charge on any atom is 0.279 e. The molecule has 1 amide bonds. The molecule has 4 nitrogen and oxygen atoms in total. The molecule has 0 aliphatic heterocycles. The fourth-order valence-corrected chi connectivity index (χ4v) is 2.16. The van der Waals surface area contributed by atoms with E-state index in [0.717, 1.165) is 18.2 Å². The lowest BCUT2D eigenvalue weighted by Gasteiger charge is -2.11. The second-order valence-corrected chi connectivity index (χ2v) is 5.02. The van der Waals surface area contributed by atoms with Crippen LogP contribution in [0.1, 0.15) is 9.67 Å². The Morgan fingerprint density at radius 1 is 1.15 bits per heavy atom. The summed E-state index contributed by atoms with van der Waals surface area (Å²) in [6.45, 7) is 0. The van der Waals surface area contributed by atoms with Gasteiger partial charge in [-0.05, 0) is 35.8 Å². The number of thiophene rings is 1. The minimum atomic E-state index is -0.724. The highest BCUT2D eigenvalue weighted by Crippen LogP contribution is 2.12. The van der Waals surface area contributed by atoms with Gasteiger partial charge >= 0.3 is 0 Å². The molecule has 0 spiro atoms. The maximum absolute atomic E-state index is 13.0. The summed E-state index contributed by atoms with van der Waals surface area (Å²) in [5.41, 5.74) is 4.95. The van der Waals surface area contributed by atoms with Crippen LogP contribution in [0.5, 0.6) is 0 Å². The van der Waals surface area contributed by atoms with Gasteiger partial charge in [0.15, 0.2) is 5.11 Å². The van der Waals surface area contributed by atoms with Crippen molar-refractivity contribution in [2.75, 3.05) is 5.32 Å². The van der Waals surface area contributed by atoms with Gasteiger partial charge in [0.1, 0.15) is 11.6 Å². The molecule has 1 aromatic carbocycles. The number of anilines is 1. The topological polar surface area (TPSA) is 53.2 Å². The molecule has 1 heterocycles. The van der Waals surface area contributed by atoms with Gasteiger partial charge in [0, 0.05) is 11.8 Å². The number of benzene rings is 1. The van der Waals surface area contributed by atoms with E-state index < -0.39 is 11.6 Å². The Morgan fingerprint density at radius 2 is 1.85 bits per heavy atom. The number of hydrogen-bond acceptors (Lipinski definition) is 3. The molecule has 0 bridgehead atoms. The lowest BCUT2D eigenvalue weighted by atomic mass is 10.3. The van der Waals surface area contributed by atoms with Gasteiger partial charge in [-0.2, -0.15) is 0 Å². The first kappa shape index (κ1) is 14.4. The monoisotopic (exact) mass is 313 g/mol. The lowest BCUT2D eigenvalue weighted by Crippen LogP contribution is -2.43. The summed E-state index contributed by atoms with van der Waals surface area (Å²) in [6, 6.07) is 6.31. The van der Waals surface area contributed by atoms with E-state index in [4.69, 9.17) is 12.2 Å². The molecule has 0 aliphatic rings. The van der Waals surface area contributed by atoms with Crippen molar-refractivity contribution in [3.63, 3.8) is 0 Å². The molecular formula is C12H9F2N3OS2. The van der Waals surface area contributed by atoms with Gasteiger partial charge < -0.3 is 5.32 Å². The number of carbonyl (C=O) groups excluding carboxylic acids is 1. The summed E-state index contributed by atoms with van der Waals surface area (Å²) in [4.78, 5) is 12.1. The number of carbonyl (C=O) groups is 1. The summed E-state index contributed by atoms with van der Waals surface area (Å²) < 4.78 is 25.9. The number of hydrazine groups is 1. The molecule has 1 aromatic heterocycles.